The van der Waals surface area contributed by atoms with Crippen molar-refractivity contribution in [2.75, 3.05) is 5.75 Å². The van der Waals surface area contributed by atoms with Gasteiger partial charge in [0.1, 0.15) is 5.94 Å². The first-order chi connectivity index (χ1) is 8.60. The van der Waals surface area contributed by atoms with Gasteiger partial charge in [-0.25, -0.2) is 4.79 Å². The summed E-state index contributed by atoms with van der Waals surface area (Å²) < 4.78 is 0. The Balaban J connectivity index is 2.13. The third kappa shape index (κ3) is 2.73. The zero-order valence-corrected chi connectivity index (χ0v) is 11.1. The Labute approximate surface area is 110 Å². The number of carbonyl (C=O) groups is 1. The number of aryl methyl sites for hydroxylation is 2. The van der Waals surface area contributed by atoms with Crippen LogP contribution in [0.4, 0.5) is 0 Å². The van der Waals surface area contributed by atoms with Crippen LogP contribution in [0.2, 0.25) is 0 Å². The van der Waals surface area contributed by atoms with Gasteiger partial charge in [0, 0.05) is 16.9 Å². The first kappa shape index (κ1) is 12.7. The second-order valence-electron chi connectivity index (χ2n) is 4.18. The van der Waals surface area contributed by atoms with Crippen molar-refractivity contribution in [2.24, 2.45) is 0 Å². The Hall–Kier alpha value is -1.77. The zero-order valence-electron chi connectivity index (χ0n) is 10.2. The monoisotopic (exact) mass is 259 g/mol. The maximum absolute atomic E-state index is 12.0. The van der Waals surface area contributed by atoms with Gasteiger partial charge in [0.2, 0.25) is 0 Å². The Morgan fingerprint density at radius 1 is 1.33 bits per heavy atom. The highest BCUT2D eigenvalue weighted by molar-refractivity contribution is 8.03. The number of amides is 1. The molecule has 1 N–H and O–H groups in total. The highest BCUT2D eigenvalue weighted by Gasteiger charge is 2.14. The number of thioether (sulfide) groups is 1. The molecule has 1 aromatic rings. The maximum Gasteiger partial charge on any atom is 0.256 e. The highest BCUT2D eigenvalue weighted by Crippen LogP contribution is 2.25. The van der Waals surface area contributed by atoms with Crippen LogP contribution in [0.5, 0.6) is 0 Å². The van der Waals surface area contributed by atoms with Crippen molar-refractivity contribution in [1.82, 2.24) is 5.32 Å². The van der Waals surface area contributed by atoms with Crippen molar-refractivity contribution in [3.63, 3.8) is 0 Å². The number of carbonyl (C=O) groups excluding carboxylic acids is 2. The summed E-state index contributed by atoms with van der Waals surface area (Å²) in [6.07, 6.45) is 1.66. The fraction of sp³-hybridized carbons (Fsp3) is 0.214. The van der Waals surface area contributed by atoms with Gasteiger partial charge in [-0.1, -0.05) is 6.07 Å². The van der Waals surface area contributed by atoms with Gasteiger partial charge >= 0.3 is 0 Å². The van der Waals surface area contributed by atoms with Gasteiger partial charge in [0.05, 0.1) is 5.03 Å². The van der Waals surface area contributed by atoms with Crippen molar-refractivity contribution < 1.29 is 9.59 Å². The van der Waals surface area contributed by atoms with E-state index in [1.54, 1.807) is 12.1 Å². The summed E-state index contributed by atoms with van der Waals surface area (Å²) in [5.74, 6) is 2.27. The van der Waals surface area contributed by atoms with Crippen molar-refractivity contribution in [3.05, 3.63) is 51.6 Å². The average molecular weight is 259 g/mol. The van der Waals surface area contributed by atoms with Crippen molar-refractivity contribution in [3.8, 4) is 0 Å². The van der Waals surface area contributed by atoms with E-state index in [1.165, 1.54) is 11.8 Å². The lowest BCUT2D eigenvalue weighted by Gasteiger charge is -2.07. The number of benzene rings is 1. The largest absolute Gasteiger partial charge is 0.317 e. The van der Waals surface area contributed by atoms with Gasteiger partial charge in [-0.15, -0.1) is 11.8 Å². The summed E-state index contributed by atoms with van der Waals surface area (Å²) in [6, 6.07) is 5.59. The van der Waals surface area contributed by atoms with E-state index in [0.29, 0.717) is 21.9 Å². The van der Waals surface area contributed by atoms with E-state index in [9.17, 15) is 9.59 Å². The summed E-state index contributed by atoms with van der Waals surface area (Å²) in [4.78, 5) is 22.4. The fourth-order valence-corrected chi connectivity index (χ4v) is 2.44. The number of allylic oxidation sites excluding steroid dienone is 1. The lowest BCUT2D eigenvalue weighted by Crippen LogP contribution is -2.20. The number of hydrogen-bond donors (Lipinski definition) is 1. The Bertz CT molecular complexity index is 583. The quantitative estimate of drug-likeness (QED) is 0.829. The number of rotatable bonds is 2. The minimum atomic E-state index is -0.149. The predicted octanol–water partition coefficient (Wildman–Crippen LogP) is 2.38. The second-order valence-corrected chi connectivity index (χ2v) is 5.19. The second kappa shape index (κ2) is 5.25. The first-order valence-corrected chi connectivity index (χ1v) is 6.56. The molecule has 1 heterocycles. The third-order valence-corrected chi connectivity index (χ3v) is 3.81. The molecule has 0 unspecified atom stereocenters. The normalized spacial score (nSPS) is 14.1. The number of nitrogens with one attached hydrogen (secondary N) is 1. The Kier molecular flexibility index (Phi) is 3.70. The molecule has 0 bridgehead atoms. The molecule has 1 amide bonds. The van der Waals surface area contributed by atoms with Crippen LogP contribution in [-0.4, -0.2) is 17.6 Å². The molecule has 92 valence electrons. The molecule has 0 saturated heterocycles. The van der Waals surface area contributed by atoms with E-state index in [1.807, 2.05) is 31.9 Å². The first-order valence-electron chi connectivity index (χ1n) is 5.57. The van der Waals surface area contributed by atoms with Crippen LogP contribution in [-0.2, 0) is 4.79 Å². The molecule has 1 aliphatic heterocycles. The van der Waals surface area contributed by atoms with E-state index in [0.717, 1.165) is 11.1 Å². The molecule has 3 nitrogen and oxygen atoms in total. The molecule has 1 aromatic carbocycles. The summed E-state index contributed by atoms with van der Waals surface area (Å²) >= 11 is 1.44. The summed E-state index contributed by atoms with van der Waals surface area (Å²) in [5.41, 5.74) is 3.45. The van der Waals surface area contributed by atoms with Gasteiger partial charge in [-0.2, -0.15) is 0 Å². The van der Waals surface area contributed by atoms with E-state index in [4.69, 9.17) is 0 Å². The van der Waals surface area contributed by atoms with E-state index >= 15 is 0 Å². The van der Waals surface area contributed by atoms with Gasteiger partial charge in [-0.3, -0.25) is 4.79 Å². The molecule has 0 aromatic heterocycles. The summed E-state index contributed by atoms with van der Waals surface area (Å²) in [7, 11) is 0. The van der Waals surface area contributed by atoms with E-state index in [-0.39, 0.29) is 5.91 Å². The molecule has 0 saturated carbocycles. The van der Waals surface area contributed by atoms with Crippen molar-refractivity contribution >= 4 is 23.6 Å². The molecule has 0 atom stereocenters. The molecular weight excluding hydrogens is 246 g/mol. The van der Waals surface area contributed by atoms with Crippen LogP contribution >= 0.6 is 11.8 Å². The molecule has 0 fully saturated rings. The molecule has 0 aliphatic carbocycles. The lowest BCUT2D eigenvalue weighted by molar-refractivity contribution is 0.0969. The van der Waals surface area contributed by atoms with Gasteiger partial charge in [0.25, 0.3) is 5.91 Å². The standard InChI is InChI=1S/C14H13NO2S/c1-9-3-4-12(5-10(9)2)14(17)15-13-6-11(7-16)8-18-13/h3-6H,8H2,1-2H3,(H,15,17). The smallest absolute Gasteiger partial charge is 0.256 e. The summed E-state index contributed by atoms with van der Waals surface area (Å²) in [5, 5.41) is 3.50. The van der Waals surface area contributed by atoms with Crippen molar-refractivity contribution in [1.29, 1.82) is 0 Å². The van der Waals surface area contributed by atoms with Gasteiger partial charge in [-0.05, 0) is 43.2 Å². The zero-order chi connectivity index (χ0) is 13.1. The third-order valence-electron chi connectivity index (χ3n) is 2.83. The van der Waals surface area contributed by atoms with E-state index in [2.05, 4.69) is 5.32 Å². The van der Waals surface area contributed by atoms with Gasteiger partial charge in [0.15, 0.2) is 0 Å². The van der Waals surface area contributed by atoms with Crippen LogP contribution in [0.25, 0.3) is 0 Å². The minimum Gasteiger partial charge on any atom is -0.317 e. The Morgan fingerprint density at radius 2 is 2.11 bits per heavy atom. The molecule has 0 spiro atoms. The topological polar surface area (TPSA) is 46.2 Å². The number of hydrogen-bond acceptors (Lipinski definition) is 3. The molecule has 2 rings (SSSR count). The molecule has 18 heavy (non-hydrogen) atoms. The minimum absolute atomic E-state index is 0.149. The van der Waals surface area contributed by atoms with E-state index < -0.39 is 0 Å². The summed E-state index contributed by atoms with van der Waals surface area (Å²) in [6.45, 7) is 3.98. The van der Waals surface area contributed by atoms with Crippen molar-refractivity contribution in [2.45, 2.75) is 13.8 Å². The average Bonchev–Trinajstić information content (AvgIpc) is 2.80. The predicted molar refractivity (Wildman–Crippen MR) is 73.1 cm³/mol. The van der Waals surface area contributed by atoms with Gasteiger partial charge < -0.3 is 5.32 Å². The van der Waals surface area contributed by atoms with Crippen LogP contribution in [0, 0.1) is 13.8 Å². The van der Waals surface area contributed by atoms with Crippen LogP contribution in [0.1, 0.15) is 21.5 Å². The van der Waals surface area contributed by atoms with Crippen LogP contribution in [0.3, 0.4) is 0 Å². The molecule has 0 radical (unpaired) electrons. The maximum atomic E-state index is 12.0. The SMILES string of the molecule is Cc1ccc(C(=O)NC2=CC(=C=O)CS2)cc1C. The van der Waals surface area contributed by atoms with Crippen LogP contribution < -0.4 is 5.32 Å². The lowest BCUT2D eigenvalue weighted by atomic mass is 10.1. The van der Waals surface area contributed by atoms with Crippen LogP contribution in [0.15, 0.2) is 34.9 Å². The molecule has 1 aliphatic rings. The molecule has 4 heteroatoms. The Morgan fingerprint density at radius 3 is 2.72 bits per heavy atom. The molecular formula is C14H13NO2S. The fourth-order valence-electron chi connectivity index (χ4n) is 1.59. The highest BCUT2D eigenvalue weighted by atomic mass is 32.2.